The molecule has 0 aromatic carbocycles. The molecule has 18 heavy (non-hydrogen) atoms. The first kappa shape index (κ1) is 13.2. The van der Waals surface area contributed by atoms with Gasteiger partial charge in [-0.25, -0.2) is 0 Å². The molecule has 0 amide bonds. The van der Waals surface area contributed by atoms with E-state index in [2.05, 4.69) is 39.7 Å². The zero-order chi connectivity index (χ0) is 12.8. The van der Waals surface area contributed by atoms with Crippen molar-refractivity contribution in [3.63, 3.8) is 0 Å². The molecule has 4 heteroatoms. The van der Waals surface area contributed by atoms with Crippen molar-refractivity contribution in [3.05, 3.63) is 46.2 Å². The molecule has 0 saturated heterocycles. The fourth-order valence-corrected chi connectivity index (χ4v) is 2.65. The summed E-state index contributed by atoms with van der Waals surface area (Å²) in [5, 5.41) is 5.61. The van der Waals surface area contributed by atoms with E-state index in [1.165, 1.54) is 4.88 Å². The van der Waals surface area contributed by atoms with Crippen molar-refractivity contribution in [2.75, 3.05) is 6.54 Å². The molecule has 0 fully saturated rings. The second kappa shape index (κ2) is 6.61. The largest absolute Gasteiger partial charge is 0.309 e. The quantitative estimate of drug-likeness (QED) is 0.868. The highest BCUT2D eigenvalue weighted by atomic mass is 32.1. The van der Waals surface area contributed by atoms with Gasteiger partial charge in [0.2, 0.25) is 0 Å². The predicted octanol–water partition coefficient (Wildman–Crippen LogP) is 3.13. The lowest BCUT2D eigenvalue weighted by atomic mass is 10.1. The third kappa shape index (κ3) is 3.62. The van der Waals surface area contributed by atoms with Crippen molar-refractivity contribution >= 4 is 11.3 Å². The molecule has 2 rings (SSSR count). The molecule has 1 N–H and O–H groups in total. The van der Waals surface area contributed by atoms with Crippen LogP contribution in [0.5, 0.6) is 0 Å². The summed E-state index contributed by atoms with van der Waals surface area (Å²) in [5.41, 5.74) is 2.01. The van der Waals surface area contributed by atoms with Gasteiger partial charge < -0.3 is 5.32 Å². The number of rotatable bonds is 6. The van der Waals surface area contributed by atoms with Gasteiger partial charge in [0.1, 0.15) is 0 Å². The second-order valence-electron chi connectivity index (χ2n) is 4.31. The molecule has 3 nitrogen and oxygen atoms in total. The summed E-state index contributed by atoms with van der Waals surface area (Å²) in [7, 11) is 0. The molecular formula is C14H19N3S. The molecule has 0 bridgehead atoms. The monoisotopic (exact) mass is 261 g/mol. The van der Waals surface area contributed by atoms with Crippen molar-refractivity contribution in [2.45, 2.75) is 32.7 Å². The van der Waals surface area contributed by atoms with E-state index < -0.39 is 0 Å². The summed E-state index contributed by atoms with van der Waals surface area (Å²) in [6.45, 7) is 5.04. The minimum absolute atomic E-state index is 0.296. The summed E-state index contributed by atoms with van der Waals surface area (Å²) in [6.07, 6.45) is 5.87. The van der Waals surface area contributed by atoms with Gasteiger partial charge >= 0.3 is 0 Å². The van der Waals surface area contributed by atoms with E-state index in [9.17, 15) is 0 Å². The zero-order valence-corrected chi connectivity index (χ0v) is 11.7. The lowest BCUT2D eigenvalue weighted by Gasteiger charge is -2.16. The predicted molar refractivity (Wildman–Crippen MR) is 75.8 cm³/mol. The average molecular weight is 261 g/mol. The second-order valence-corrected chi connectivity index (χ2v) is 5.34. The Kier molecular flexibility index (Phi) is 4.84. The molecule has 0 aliphatic rings. The molecule has 1 unspecified atom stereocenters. The molecular weight excluding hydrogens is 242 g/mol. The Bertz CT molecular complexity index is 450. The van der Waals surface area contributed by atoms with E-state index in [1.54, 1.807) is 0 Å². The molecule has 0 radical (unpaired) electrons. The first-order chi connectivity index (χ1) is 8.79. The molecule has 0 aliphatic carbocycles. The van der Waals surface area contributed by atoms with E-state index in [0.29, 0.717) is 6.04 Å². The van der Waals surface area contributed by atoms with Crippen LogP contribution in [0.25, 0.3) is 0 Å². The van der Waals surface area contributed by atoms with Crippen LogP contribution in [0.4, 0.5) is 0 Å². The van der Waals surface area contributed by atoms with Crippen LogP contribution < -0.4 is 5.32 Å². The Morgan fingerprint density at radius 1 is 1.33 bits per heavy atom. The molecule has 96 valence electrons. The Balaban J connectivity index is 2.01. The van der Waals surface area contributed by atoms with Gasteiger partial charge in [0.05, 0.1) is 23.6 Å². The van der Waals surface area contributed by atoms with Gasteiger partial charge in [-0.1, -0.05) is 13.0 Å². The van der Waals surface area contributed by atoms with E-state index >= 15 is 0 Å². The molecule has 0 aliphatic heterocycles. The highest BCUT2D eigenvalue weighted by Crippen LogP contribution is 2.19. The molecule has 2 aromatic rings. The van der Waals surface area contributed by atoms with Crippen LogP contribution in [0.2, 0.25) is 0 Å². The zero-order valence-electron chi connectivity index (χ0n) is 10.9. The maximum Gasteiger partial charge on any atom is 0.0756 e. The van der Waals surface area contributed by atoms with Gasteiger partial charge in [0.25, 0.3) is 0 Å². The summed E-state index contributed by atoms with van der Waals surface area (Å²) in [5.74, 6) is 0. The first-order valence-corrected chi connectivity index (χ1v) is 7.22. The molecule has 1 atom stereocenters. The molecule has 0 saturated carbocycles. The van der Waals surface area contributed by atoms with Gasteiger partial charge in [-0.2, -0.15) is 0 Å². The number of hydrogen-bond donors (Lipinski definition) is 1. The van der Waals surface area contributed by atoms with Gasteiger partial charge in [-0.3, -0.25) is 9.97 Å². The van der Waals surface area contributed by atoms with E-state index in [0.717, 1.165) is 30.8 Å². The number of hydrogen-bond acceptors (Lipinski definition) is 4. The standard InChI is InChI=1S/C14H19N3S/c1-3-15-13(7-6-12-5-4-8-18-12)14-10-16-11(2)9-17-14/h4-5,8-10,13,15H,3,6-7H2,1-2H3. The lowest BCUT2D eigenvalue weighted by Crippen LogP contribution is -2.22. The topological polar surface area (TPSA) is 37.8 Å². The number of aromatic nitrogens is 2. The fourth-order valence-electron chi connectivity index (χ4n) is 1.92. The normalized spacial score (nSPS) is 12.6. The maximum atomic E-state index is 4.48. The maximum absolute atomic E-state index is 4.48. The fraction of sp³-hybridized carbons (Fsp3) is 0.429. The molecule has 2 heterocycles. The Labute approximate surface area is 112 Å². The van der Waals surface area contributed by atoms with Crippen molar-refractivity contribution in [1.29, 1.82) is 0 Å². The van der Waals surface area contributed by atoms with Crippen LogP contribution >= 0.6 is 11.3 Å². The lowest BCUT2D eigenvalue weighted by molar-refractivity contribution is 0.503. The van der Waals surface area contributed by atoms with Gasteiger partial charge in [0, 0.05) is 11.1 Å². The van der Waals surface area contributed by atoms with Crippen LogP contribution in [-0.2, 0) is 6.42 Å². The van der Waals surface area contributed by atoms with Crippen LogP contribution in [-0.4, -0.2) is 16.5 Å². The summed E-state index contributed by atoms with van der Waals surface area (Å²) >= 11 is 1.82. The van der Waals surface area contributed by atoms with Crippen molar-refractivity contribution in [2.24, 2.45) is 0 Å². The van der Waals surface area contributed by atoms with Gasteiger partial charge in [-0.05, 0) is 37.8 Å². The van der Waals surface area contributed by atoms with Gasteiger partial charge in [-0.15, -0.1) is 11.3 Å². The summed E-state index contributed by atoms with van der Waals surface area (Å²) < 4.78 is 0. The smallest absolute Gasteiger partial charge is 0.0756 e. The molecule has 0 spiro atoms. The van der Waals surface area contributed by atoms with E-state index in [-0.39, 0.29) is 0 Å². The van der Waals surface area contributed by atoms with Crippen LogP contribution in [0.15, 0.2) is 29.9 Å². The summed E-state index contributed by atoms with van der Waals surface area (Å²) in [6, 6.07) is 4.59. The Morgan fingerprint density at radius 2 is 2.22 bits per heavy atom. The average Bonchev–Trinajstić information content (AvgIpc) is 2.89. The highest BCUT2D eigenvalue weighted by Gasteiger charge is 2.12. The molecule has 2 aromatic heterocycles. The Morgan fingerprint density at radius 3 is 2.83 bits per heavy atom. The number of nitrogens with zero attached hydrogens (tertiary/aromatic N) is 2. The number of aryl methyl sites for hydroxylation is 2. The van der Waals surface area contributed by atoms with E-state index in [1.807, 2.05) is 30.7 Å². The SMILES string of the molecule is CCNC(CCc1cccs1)c1cnc(C)cn1. The van der Waals surface area contributed by atoms with Crippen LogP contribution in [0.3, 0.4) is 0 Å². The van der Waals surface area contributed by atoms with Crippen molar-refractivity contribution in [3.8, 4) is 0 Å². The van der Waals surface area contributed by atoms with Gasteiger partial charge in [0.15, 0.2) is 0 Å². The van der Waals surface area contributed by atoms with Crippen LogP contribution in [0.1, 0.15) is 35.7 Å². The van der Waals surface area contributed by atoms with Crippen LogP contribution in [0, 0.1) is 6.92 Å². The third-order valence-corrected chi connectivity index (χ3v) is 3.80. The van der Waals surface area contributed by atoms with Crippen molar-refractivity contribution in [1.82, 2.24) is 15.3 Å². The van der Waals surface area contributed by atoms with Crippen molar-refractivity contribution < 1.29 is 0 Å². The third-order valence-electron chi connectivity index (χ3n) is 2.87. The minimum Gasteiger partial charge on any atom is -0.309 e. The Hall–Kier alpha value is -1.26. The highest BCUT2D eigenvalue weighted by molar-refractivity contribution is 7.09. The van der Waals surface area contributed by atoms with E-state index in [4.69, 9.17) is 0 Å². The number of thiophene rings is 1. The minimum atomic E-state index is 0.296. The number of nitrogens with one attached hydrogen (secondary N) is 1. The first-order valence-electron chi connectivity index (χ1n) is 6.34. The summed E-state index contributed by atoms with van der Waals surface area (Å²) in [4.78, 5) is 10.2.